The molecule has 3 N–H and O–H groups in total. The van der Waals surface area contributed by atoms with Gasteiger partial charge in [-0.2, -0.15) is 0 Å². The molecule has 1 aromatic carbocycles. The fourth-order valence-corrected chi connectivity index (χ4v) is 2.71. The highest BCUT2D eigenvalue weighted by molar-refractivity contribution is 5.85. The van der Waals surface area contributed by atoms with Crippen LogP contribution >= 0.6 is 12.4 Å². The number of amides is 1. The van der Waals surface area contributed by atoms with Gasteiger partial charge >= 0.3 is 0 Å². The van der Waals surface area contributed by atoms with Crippen molar-refractivity contribution in [3.8, 4) is 5.75 Å². The van der Waals surface area contributed by atoms with Crippen LogP contribution in [0.5, 0.6) is 5.75 Å². The van der Waals surface area contributed by atoms with Gasteiger partial charge in [-0.05, 0) is 56.7 Å². The molecule has 130 valence electrons. The number of hydrogen-bond donors (Lipinski definition) is 2. The first-order valence-corrected chi connectivity index (χ1v) is 8.41. The Kier molecular flexibility index (Phi) is 9.03. The Morgan fingerprint density at radius 2 is 1.91 bits per heavy atom. The monoisotopic (exact) mass is 340 g/mol. The van der Waals surface area contributed by atoms with Gasteiger partial charge in [0.1, 0.15) is 5.75 Å². The van der Waals surface area contributed by atoms with Crippen molar-refractivity contribution in [3.63, 3.8) is 0 Å². The van der Waals surface area contributed by atoms with Crippen molar-refractivity contribution in [2.75, 3.05) is 0 Å². The molecule has 0 spiro atoms. The molecule has 0 aromatic heterocycles. The van der Waals surface area contributed by atoms with Crippen LogP contribution < -0.4 is 15.8 Å². The Bertz CT molecular complexity index is 457. The van der Waals surface area contributed by atoms with Crippen LogP contribution in [0.15, 0.2) is 24.3 Å². The summed E-state index contributed by atoms with van der Waals surface area (Å²) in [4.78, 5) is 11.7. The molecule has 1 amide bonds. The number of hydrogen-bond acceptors (Lipinski definition) is 3. The second-order valence-corrected chi connectivity index (χ2v) is 6.31. The third-order valence-corrected chi connectivity index (χ3v) is 4.09. The minimum Gasteiger partial charge on any atom is -0.490 e. The smallest absolute Gasteiger partial charge is 0.220 e. The van der Waals surface area contributed by atoms with Crippen molar-refractivity contribution in [1.29, 1.82) is 0 Å². The first kappa shape index (κ1) is 19.8. The molecule has 23 heavy (non-hydrogen) atoms. The fourth-order valence-electron chi connectivity index (χ4n) is 2.71. The zero-order valence-electron chi connectivity index (χ0n) is 13.9. The van der Waals surface area contributed by atoms with E-state index in [2.05, 4.69) is 5.32 Å². The summed E-state index contributed by atoms with van der Waals surface area (Å²) in [6.45, 7) is 2.47. The molecule has 1 aromatic rings. The van der Waals surface area contributed by atoms with Crippen LogP contribution in [0.1, 0.15) is 57.4 Å². The van der Waals surface area contributed by atoms with Crippen LogP contribution in [-0.4, -0.2) is 18.1 Å². The van der Waals surface area contributed by atoms with E-state index in [1.54, 1.807) is 0 Å². The largest absolute Gasteiger partial charge is 0.490 e. The second-order valence-electron chi connectivity index (χ2n) is 6.31. The Labute approximate surface area is 145 Å². The van der Waals surface area contributed by atoms with Crippen molar-refractivity contribution in [3.05, 3.63) is 29.8 Å². The van der Waals surface area contributed by atoms with Gasteiger partial charge < -0.3 is 15.8 Å². The lowest BCUT2D eigenvalue weighted by Gasteiger charge is -2.23. The Morgan fingerprint density at radius 1 is 1.26 bits per heavy atom. The molecule has 1 fully saturated rings. The highest BCUT2D eigenvalue weighted by Gasteiger charge is 2.14. The minimum absolute atomic E-state index is 0. The molecule has 1 unspecified atom stereocenters. The summed E-state index contributed by atoms with van der Waals surface area (Å²) < 4.78 is 6.00. The molecule has 1 saturated carbocycles. The standard InChI is InChI=1S/C18H28N2O2.ClH/c1-14(19)7-12-18(21)20-13-15-8-10-17(11-9-15)22-16-5-3-2-4-6-16;/h8-11,14,16H,2-7,12-13,19H2,1H3,(H,20,21);1H. The van der Waals surface area contributed by atoms with Gasteiger partial charge in [-0.1, -0.05) is 18.6 Å². The number of rotatable bonds is 7. The van der Waals surface area contributed by atoms with E-state index in [0.29, 0.717) is 19.1 Å². The summed E-state index contributed by atoms with van der Waals surface area (Å²) in [6, 6.07) is 8.10. The van der Waals surface area contributed by atoms with Crippen LogP contribution in [0.2, 0.25) is 0 Å². The third-order valence-electron chi connectivity index (χ3n) is 4.09. The predicted molar refractivity (Wildman–Crippen MR) is 95.9 cm³/mol. The van der Waals surface area contributed by atoms with Crippen LogP contribution in [0.4, 0.5) is 0 Å². The second kappa shape index (κ2) is 10.5. The van der Waals surface area contributed by atoms with Crippen molar-refractivity contribution >= 4 is 18.3 Å². The average molecular weight is 341 g/mol. The highest BCUT2D eigenvalue weighted by atomic mass is 35.5. The molecule has 2 rings (SSSR count). The predicted octanol–water partition coefficient (Wildman–Crippen LogP) is 3.56. The lowest BCUT2D eigenvalue weighted by atomic mass is 9.98. The van der Waals surface area contributed by atoms with E-state index < -0.39 is 0 Å². The lowest BCUT2D eigenvalue weighted by Crippen LogP contribution is -2.25. The van der Waals surface area contributed by atoms with E-state index in [1.807, 2.05) is 31.2 Å². The third kappa shape index (κ3) is 7.71. The van der Waals surface area contributed by atoms with Crippen molar-refractivity contribution in [1.82, 2.24) is 5.32 Å². The lowest BCUT2D eigenvalue weighted by molar-refractivity contribution is -0.121. The Balaban J connectivity index is 0.00000264. The number of carbonyl (C=O) groups is 1. The molecule has 5 heteroatoms. The number of nitrogens with one attached hydrogen (secondary N) is 1. The van der Waals surface area contributed by atoms with Crippen molar-refractivity contribution in [2.24, 2.45) is 5.73 Å². The molecule has 1 atom stereocenters. The molecule has 0 radical (unpaired) electrons. The number of halogens is 1. The molecular weight excluding hydrogens is 312 g/mol. The van der Waals surface area contributed by atoms with Gasteiger partial charge in [-0.15, -0.1) is 12.4 Å². The molecule has 4 nitrogen and oxygen atoms in total. The van der Waals surface area contributed by atoms with Gasteiger partial charge in [0.05, 0.1) is 6.10 Å². The van der Waals surface area contributed by atoms with E-state index >= 15 is 0 Å². The maximum Gasteiger partial charge on any atom is 0.220 e. The minimum atomic E-state index is 0. The van der Waals surface area contributed by atoms with Gasteiger partial charge in [0.25, 0.3) is 0 Å². The molecule has 0 heterocycles. The average Bonchev–Trinajstić information content (AvgIpc) is 2.53. The maximum atomic E-state index is 11.7. The zero-order valence-corrected chi connectivity index (χ0v) is 14.7. The first-order chi connectivity index (χ1) is 10.6. The summed E-state index contributed by atoms with van der Waals surface area (Å²) in [5.74, 6) is 0.985. The highest BCUT2D eigenvalue weighted by Crippen LogP contribution is 2.23. The number of ether oxygens (including phenoxy) is 1. The summed E-state index contributed by atoms with van der Waals surface area (Å²) in [7, 11) is 0. The summed E-state index contributed by atoms with van der Waals surface area (Å²) in [5, 5.41) is 2.92. The van der Waals surface area contributed by atoms with Gasteiger partial charge in [0, 0.05) is 19.0 Å². The van der Waals surface area contributed by atoms with E-state index in [-0.39, 0.29) is 24.4 Å². The normalized spacial score (nSPS) is 16.3. The van der Waals surface area contributed by atoms with Crippen LogP contribution in [-0.2, 0) is 11.3 Å². The molecule has 1 aliphatic rings. The van der Waals surface area contributed by atoms with Gasteiger partial charge in [0.15, 0.2) is 0 Å². The SMILES string of the molecule is CC(N)CCC(=O)NCc1ccc(OC2CCCCC2)cc1.Cl. The zero-order chi connectivity index (χ0) is 15.8. The van der Waals surface area contributed by atoms with Crippen LogP contribution in [0.25, 0.3) is 0 Å². The number of nitrogens with two attached hydrogens (primary N) is 1. The number of benzene rings is 1. The Morgan fingerprint density at radius 3 is 2.52 bits per heavy atom. The summed E-state index contributed by atoms with van der Waals surface area (Å²) in [5.41, 5.74) is 6.74. The van der Waals surface area contributed by atoms with E-state index in [1.165, 1.54) is 19.3 Å². The molecule has 1 aliphatic carbocycles. The topological polar surface area (TPSA) is 64.4 Å². The van der Waals surface area contributed by atoms with Gasteiger partial charge in [-0.25, -0.2) is 0 Å². The van der Waals surface area contributed by atoms with E-state index in [4.69, 9.17) is 10.5 Å². The van der Waals surface area contributed by atoms with Crippen LogP contribution in [0.3, 0.4) is 0 Å². The summed E-state index contributed by atoms with van der Waals surface area (Å²) >= 11 is 0. The first-order valence-electron chi connectivity index (χ1n) is 8.41. The fraction of sp³-hybridized carbons (Fsp3) is 0.611. The van der Waals surface area contributed by atoms with Crippen LogP contribution in [0, 0.1) is 0 Å². The number of carbonyl (C=O) groups excluding carboxylic acids is 1. The van der Waals surface area contributed by atoms with Crippen molar-refractivity contribution < 1.29 is 9.53 Å². The van der Waals surface area contributed by atoms with E-state index in [0.717, 1.165) is 30.6 Å². The Hall–Kier alpha value is -1.26. The van der Waals surface area contributed by atoms with Crippen molar-refractivity contribution in [2.45, 2.75) is 70.6 Å². The summed E-state index contributed by atoms with van der Waals surface area (Å²) in [6.07, 6.45) is 7.79. The molecule has 0 aliphatic heterocycles. The molecule has 0 saturated heterocycles. The van der Waals surface area contributed by atoms with Gasteiger partial charge in [-0.3, -0.25) is 4.79 Å². The maximum absolute atomic E-state index is 11.7. The molecular formula is C18H29ClN2O2. The quantitative estimate of drug-likeness (QED) is 0.797. The van der Waals surface area contributed by atoms with E-state index in [9.17, 15) is 4.79 Å². The van der Waals surface area contributed by atoms with Gasteiger partial charge in [0.2, 0.25) is 5.91 Å². The molecule has 0 bridgehead atoms.